The lowest BCUT2D eigenvalue weighted by molar-refractivity contribution is -0.145. The van der Waals surface area contributed by atoms with E-state index in [0.717, 1.165) is 37.0 Å². The van der Waals surface area contributed by atoms with E-state index >= 15 is 0 Å². The summed E-state index contributed by atoms with van der Waals surface area (Å²) < 4.78 is 14.6. The zero-order valence-electron chi connectivity index (χ0n) is 27.1. The van der Waals surface area contributed by atoms with Crippen LogP contribution in [0.4, 0.5) is 0 Å². The van der Waals surface area contributed by atoms with Gasteiger partial charge in [0.15, 0.2) is 22.4 Å². The van der Waals surface area contributed by atoms with Crippen molar-refractivity contribution < 1.29 is 8.85 Å². The predicted molar refractivity (Wildman–Crippen MR) is 167 cm³/mol. The van der Waals surface area contributed by atoms with Gasteiger partial charge in [0.1, 0.15) is 0 Å². The van der Waals surface area contributed by atoms with Gasteiger partial charge in [-0.1, -0.05) is 85.6 Å². The normalized spacial score (nSPS) is 31.8. The van der Waals surface area contributed by atoms with Crippen molar-refractivity contribution in [3.8, 4) is 0 Å². The minimum atomic E-state index is -2.00. The summed E-state index contributed by atoms with van der Waals surface area (Å²) in [7, 11) is -4.00. The van der Waals surface area contributed by atoms with E-state index in [-0.39, 0.29) is 10.1 Å². The number of allylic oxidation sites excluding steroid dienone is 3. The molecule has 37 heavy (non-hydrogen) atoms. The van der Waals surface area contributed by atoms with Crippen molar-refractivity contribution >= 4 is 16.6 Å². The Hall–Kier alpha value is -0.166. The van der Waals surface area contributed by atoms with Gasteiger partial charge in [0, 0.05) is 12.8 Å². The Balaban J connectivity index is 1.92. The summed E-state index contributed by atoms with van der Waals surface area (Å²) in [6, 6.07) is 0. The van der Waals surface area contributed by atoms with Crippen molar-refractivity contribution in [2.24, 2.45) is 23.2 Å². The molecule has 0 spiro atoms. The fourth-order valence-electron chi connectivity index (χ4n) is 7.28. The van der Waals surface area contributed by atoms with Gasteiger partial charge in [-0.15, -0.1) is 0 Å². The van der Waals surface area contributed by atoms with Crippen molar-refractivity contribution in [2.75, 3.05) is 0 Å². The highest BCUT2D eigenvalue weighted by atomic mass is 28.4. The average molecular weight is 547 g/mol. The second-order valence-corrected chi connectivity index (χ2v) is 26.0. The molecular formula is C33H62O2Si2. The van der Waals surface area contributed by atoms with Crippen LogP contribution >= 0.6 is 0 Å². The molecule has 0 aliphatic heterocycles. The van der Waals surface area contributed by atoms with Crippen LogP contribution in [-0.2, 0) is 8.85 Å². The van der Waals surface area contributed by atoms with Crippen molar-refractivity contribution in [2.45, 2.75) is 162 Å². The molecule has 3 saturated carbocycles. The highest BCUT2D eigenvalue weighted by Gasteiger charge is 2.52. The predicted octanol–water partition coefficient (Wildman–Crippen LogP) is 11.0. The molecule has 3 fully saturated rings. The summed E-state index contributed by atoms with van der Waals surface area (Å²) in [5.41, 5.74) is 3.78. The summed E-state index contributed by atoms with van der Waals surface area (Å²) in [6.45, 7) is 31.3. The monoisotopic (exact) mass is 546 g/mol. The summed E-state index contributed by atoms with van der Waals surface area (Å²) in [6.07, 6.45) is 16.3. The Morgan fingerprint density at radius 3 is 1.86 bits per heavy atom. The molecule has 214 valence electrons. The van der Waals surface area contributed by atoms with Crippen LogP contribution in [-0.4, -0.2) is 22.4 Å². The van der Waals surface area contributed by atoms with E-state index in [2.05, 4.69) is 101 Å². The van der Waals surface area contributed by atoms with Gasteiger partial charge < -0.3 is 8.85 Å². The smallest absolute Gasteiger partial charge is 0.195 e. The van der Waals surface area contributed by atoms with E-state index < -0.39 is 22.4 Å². The van der Waals surface area contributed by atoms with Crippen molar-refractivity contribution in [1.29, 1.82) is 0 Å². The lowest BCUT2D eigenvalue weighted by Crippen LogP contribution is -2.57. The van der Waals surface area contributed by atoms with Crippen LogP contribution in [0.1, 0.15) is 120 Å². The molecule has 3 aliphatic rings. The summed E-state index contributed by atoms with van der Waals surface area (Å²) >= 11 is 0. The minimum absolute atomic E-state index is 0.169. The third-order valence-electron chi connectivity index (χ3n) is 11.4. The van der Waals surface area contributed by atoms with Crippen LogP contribution in [0.15, 0.2) is 23.3 Å². The zero-order chi connectivity index (χ0) is 28.1. The highest BCUT2D eigenvalue weighted by Crippen LogP contribution is 2.59. The third kappa shape index (κ3) is 6.60. The molecule has 0 saturated heterocycles. The largest absolute Gasteiger partial charge is 0.390 e. The van der Waals surface area contributed by atoms with E-state index in [4.69, 9.17) is 8.85 Å². The molecule has 0 unspecified atom stereocenters. The summed E-state index contributed by atoms with van der Waals surface area (Å²) in [5.74, 6) is 2.00. The van der Waals surface area contributed by atoms with Crippen molar-refractivity contribution in [3.05, 3.63) is 23.3 Å². The fourth-order valence-corrected chi connectivity index (χ4v) is 10.3. The van der Waals surface area contributed by atoms with Crippen molar-refractivity contribution in [3.63, 3.8) is 0 Å². The molecule has 0 amide bonds. The Kier molecular flexibility index (Phi) is 9.04. The van der Waals surface area contributed by atoms with E-state index in [1.54, 1.807) is 11.1 Å². The van der Waals surface area contributed by atoms with Gasteiger partial charge in [-0.25, -0.2) is 0 Å². The molecule has 3 atom stereocenters. The van der Waals surface area contributed by atoms with Gasteiger partial charge in [0.05, 0.1) is 0 Å². The van der Waals surface area contributed by atoms with Gasteiger partial charge in [-0.3, -0.25) is 0 Å². The molecule has 3 rings (SSSR count). The molecule has 0 radical (unpaired) electrons. The topological polar surface area (TPSA) is 18.5 Å². The number of hydrogen-bond acceptors (Lipinski definition) is 2. The van der Waals surface area contributed by atoms with Gasteiger partial charge in [0.2, 0.25) is 0 Å². The molecule has 4 heteroatoms. The molecule has 0 aromatic heterocycles. The van der Waals surface area contributed by atoms with Crippen LogP contribution in [0.25, 0.3) is 0 Å². The second-order valence-electron chi connectivity index (χ2n) is 16.6. The molecule has 0 aromatic rings. The van der Waals surface area contributed by atoms with E-state index in [0.29, 0.717) is 5.41 Å². The fraction of sp³-hybridized carbons (Fsp3) is 0.879. The molecule has 3 aliphatic carbocycles. The lowest BCUT2D eigenvalue weighted by atomic mass is 9.61. The Labute approximate surface area is 233 Å². The Morgan fingerprint density at radius 2 is 1.35 bits per heavy atom. The Morgan fingerprint density at radius 1 is 0.811 bits per heavy atom. The second kappa shape index (κ2) is 10.7. The standard InChI is InChI=1S/C33H62O2Si2/c1-25(2)28-20-21-29-27(17-15-22-32(28,29)9)19-18-26-16-14-23-33(24-26,34-36(10,11)30(3,4)5)35-37(12,13)31(6,7)8/h18-19,25,28-29H,14-17,20-24H2,1-13H3/t28-,29+,32-/m1/s1. The van der Waals surface area contributed by atoms with Crippen LogP contribution < -0.4 is 0 Å². The number of rotatable bonds is 6. The van der Waals surface area contributed by atoms with E-state index in [9.17, 15) is 0 Å². The van der Waals surface area contributed by atoms with Crippen molar-refractivity contribution in [1.82, 2.24) is 0 Å². The maximum absolute atomic E-state index is 7.30. The first-order valence-corrected chi connectivity index (χ1v) is 21.3. The van der Waals surface area contributed by atoms with Gasteiger partial charge in [-0.05, 0) is 104 Å². The highest BCUT2D eigenvalue weighted by molar-refractivity contribution is 6.75. The van der Waals surface area contributed by atoms with Gasteiger partial charge >= 0.3 is 0 Å². The molecular weight excluding hydrogens is 485 g/mol. The molecule has 0 bridgehead atoms. The molecule has 2 nitrogen and oxygen atoms in total. The van der Waals surface area contributed by atoms with Crippen LogP contribution in [0.2, 0.25) is 36.3 Å². The van der Waals surface area contributed by atoms with Crippen LogP contribution in [0, 0.1) is 23.2 Å². The van der Waals surface area contributed by atoms with E-state index in [1.807, 2.05) is 0 Å². The molecule has 0 heterocycles. The first kappa shape index (κ1) is 31.4. The molecule has 0 aromatic carbocycles. The Bertz CT molecular complexity index is 840. The number of fused-ring (bicyclic) bond motifs is 1. The summed E-state index contributed by atoms with van der Waals surface area (Å²) in [5, 5.41) is 0.337. The maximum Gasteiger partial charge on any atom is 0.195 e. The zero-order valence-corrected chi connectivity index (χ0v) is 29.1. The molecule has 0 N–H and O–H groups in total. The first-order valence-electron chi connectivity index (χ1n) is 15.5. The quantitative estimate of drug-likeness (QED) is 0.243. The lowest BCUT2D eigenvalue weighted by Gasteiger charge is -2.52. The van der Waals surface area contributed by atoms with E-state index in [1.165, 1.54) is 38.5 Å². The maximum atomic E-state index is 7.30. The SMILES string of the molecule is CC(C)[C@H]1CC[C@H]2C(=CC=C3CCCC(O[Si](C)(C)C(C)(C)C)(O[Si](C)(C)C(C)(C)C)C3)CCC[C@]12C. The minimum Gasteiger partial charge on any atom is -0.390 e. The summed E-state index contributed by atoms with van der Waals surface area (Å²) in [4.78, 5) is 0. The van der Waals surface area contributed by atoms with Gasteiger partial charge in [-0.2, -0.15) is 0 Å². The van der Waals surface area contributed by atoms with Gasteiger partial charge in [0.25, 0.3) is 0 Å². The van der Waals surface area contributed by atoms with Crippen LogP contribution in [0.3, 0.4) is 0 Å². The third-order valence-corrected chi connectivity index (χ3v) is 20.4. The average Bonchev–Trinajstić information content (AvgIpc) is 3.07. The first-order chi connectivity index (χ1) is 16.7. The van der Waals surface area contributed by atoms with Crippen LogP contribution in [0.5, 0.6) is 0 Å². The number of hydrogen-bond donors (Lipinski definition) is 0.